The number of primary amides is 1. The van der Waals surface area contributed by atoms with Crippen LogP contribution in [0.25, 0.3) is 0 Å². The van der Waals surface area contributed by atoms with Crippen LogP contribution in [-0.2, 0) is 0 Å². The van der Waals surface area contributed by atoms with E-state index < -0.39 is 10.8 Å². The van der Waals surface area contributed by atoms with Crippen molar-refractivity contribution < 1.29 is 9.72 Å². The summed E-state index contributed by atoms with van der Waals surface area (Å²) in [5.74, 6) is -0.650. The number of rotatable bonds is 4. The van der Waals surface area contributed by atoms with Crippen molar-refractivity contribution in [3.05, 3.63) is 51.4 Å². The molecule has 7 heteroatoms. The molecule has 0 saturated carbocycles. The molecule has 5 nitrogen and oxygen atoms in total. The van der Waals surface area contributed by atoms with Crippen molar-refractivity contribution in [1.82, 2.24) is 0 Å². The van der Waals surface area contributed by atoms with Crippen molar-refractivity contribution in [1.29, 1.82) is 0 Å². The molecule has 1 aromatic carbocycles. The summed E-state index contributed by atoms with van der Waals surface area (Å²) in [5, 5.41) is 10.8. The van der Waals surface area contributed by atoms with Crippen LogP contribution in [0.1, 0.15) is 9.67 Å². The molecule has 2 rings (SSSR count). The number of thiophene rings is 1. The van der Waals surface area contributed by atoms with Crippen LogP contribution in [-0.4, -0.2) is 10.8 Å². The van der Waals surface area contributed by atoms with Gasteiger partial charge in [-0.15, -0.1) is 0 Å². The molecule has 0 radical (unpaired) electrons. The van der Waals surface area contributed by atoms with Crippen molar-refractivity contribution in [3.8, 4) is 0 Å². The van der Waals surface area contributed by atoms with Crippen LogP contribution in [0.4, 0.5) is 5.00 Å². The van der Waals surface area contributed by atoms with Gasteiger partial charge in [-0.1, -0.05) is 41.3 Å². The molecule has 1 heterocycles. The normalized spacial score (nSPS) is 10.2. The average molecular weight is 280 g/mol. The van der Waals surface area contributed by atoms with Gasteiger partial charge in [0.25, 0.3) is 5.91 Å². The molecule has 0 bridgehead atoms. The van der Waals surface area contributed by atoms with Gasteiger partial charge in [-0.25, -0.2) is 0 Å². The van der Waals surface area contributed by atoms with Crippen LogP contribution in [0, 0.1) is 10.1 Å². The first-order valence-corrected chi connectivity index (χ1v) is 6.52. The molecule has 1 amide bonds. The van der Waals surface area contributed by atoms with E-state index >= 15 is 0 Å². The second-order valence-electron chi connectivity index (χ2n) is 3.32. The molecule has 1 aromatic heterocycles. The molecule has 0 aliphatic rings. The summed E-state index contributed by atoms with van der Waals surface area (Å²) in [7, 11) is 0. The summed E-state index contributed by atoms with van der Waals surface area (Å²) in [6, 6.07) is 10.7. The van der Waals surface area contributed by atoms with Gasteiger partial charge in [0.05, 0.1) is 9.80 Å². The van der Waals surface area contributed by atoms with Crippen molar-refractivity contribution >= 4 is 34.0 Å². The number of benzene rings is 1. The van der Waals surface area contributed by atoms with Crippen LogP contribution in [0.2, 0.25) is 0 Å². The highest BCUT2D eigenvalue weighted by Crippen LogP contribution is 2.40. The zero-order valence-corrected chi connectivity index (χ0v) is 10.7. The Hall–Kier alpha value is -1.86. The average Bonchev–Trinajstić information content (AvgIpc) is 2.74. The van der Waals surface area contributed by atoms with E-state index in [1.54, 1.807) is 0 Å². The SMILES string of the molecule is NC(=O)c1cc(Sc2ccccc2)c([N+](=O)[O-])s1. The number of carbonyl (C=O) groups is 1. The largest absolute Gasteiger partial charge is 0.365 e. The third kappa shape index (κ3) is 2.69. The van der Waals surface area contributed by atoms with Crippen molar-refractivity contribution in [2.24, 2.45) is 5.73 Å². The van der Waals surface area contributed by atoms with Crippen LogP contribution in [0.15, 0.2) is 46.2 Å². The van der Waals surface area contributed by atoms with E-state index in [0.717, 1.165) is 16.2 Å². The van der Waals surface area contributed by atoms with Gasteiger partial charge < -0.3 is 5.73 Å². The standard InChI is InChI=1S/C11H8N2O3S2/c12-10(14)8-6-9(11(18-8)13(15)16)17-7-4-2-1-3-5-7/h1-6H,(H2,12,14). The number of hydrogen-bond acceptors (Lipinski definition) is 5. The van der Waals surface area contributed by atoms with Crippen molar-refractivity contribution in [2.45, 2.75) is 9.79 Å². The monoisotopic (exact) mass is 280 g/mol. The molecule has 0 aliphatic carbocycles. The lowest BCUT2D eigenvalue weighted by atomic mass is 10.4. The van der Waals surface area contributed by atoms with Gasteiger partial charge in [-0.2, -0.15) is 0 Å². The first kappa shape index (κ1) is 12.6. The maximum atomic E-state index is 11.0. The number of nitrogens with two attached hydrogens (primary N) is 1. The Kier molecular flexibility index (Phi) is 3.63. The lowest BCUT2D eigenvalue weighted by Crippen LogP contribution is -2.08. The molecule has 18 heavy (non-hydrogen) atoms. The highest BCUT2D eigenvalue weighted by molar-refractivity contribution is 7.99. The fourth-order valence-electron chi connectivity index (χ4n) is 1.30. The molecule has 0 spiro atoms. The van der Waals surface area contributed by atoms with Gasteiger partial charge in [0.15, 0.2) is 0 Å². The third-order valence-corrected chi connectivity index (χ3v) is 4.33. The molecule has 2 aromatic rings. The quantitative estimate of drug-likeness (QED) is 0.689. The van der Waals surface area contributed by atoms with E-state index in [-0.39, 0.29) is 9.88 Å². The molecular formula is C11H8N2O3S2. The maximum Gasteiger partial charge on any atom is 0.338 e. The molecule has 2 N–H and O–H groups in total. The Morgan fingerprint density at radius 1 is 1.33 bits per heavy atom. The lowest BCUT2D eigenvalue weighted by molar-refractivity contribution is -0.382. The van der Waals surface area contributed by atoms with Crippen LogP contribution in [0.5, 0.6) is 0 Å². The van der Waals surface area contributed by atoms with Crippen molar-refractivity contribution in [2.75, 3.05) is 0 Å². The summed E-state index contributed by atoms with van der Waals surface area (Å²) in [6.07, 6.45) is 0. The summed E-state index contributed by atoms with van der Waals surface area (Å²) in [5.41, 5.74) is 5.13. The number of nitro groups is 1. The minimum Gasteiger partial charge on any atom is -0.365 e. The van der Waals surface area contributed by atoms with Crippen LogP contribution in [0.3, 0.4) is 0 Å². The topological polar surface area (TPSA) is 86.2 Å². The molecule has 0 aliphatic heterocycles. The minimum atomic E-state index is -0.650. The second-order valence-corrected chi connectivity index (χ2v) is 5.46. The van der Waals surface area contributed by atoms with E-state index in [2.05, 4.69) is 0 Å². The Labute approximate surface area is 111 Å². The van der Waals surface area contributed by atoms with E-state index in [1.165, 1.54) is 17.8 Å². The zero-order valence-electron chi connectivity index (χ0n) is 9.03. The maximum absolute atomic E-state index is 11.0. The summed E-state index contributed by atoms with van der Waals surface area (Å²) in [6.45, 7) is 0. The van der Waals surface area contributed by atoms with Gasteiger partial charge in [0, 0.05) is 4.90 Å². The second kappa shape index (κ2) is 5.19. The van der Waals surface area contributed by atoms with Gasteiger partial charge >= 0.3 is 5.00 Å². The predicted molar refractivity (Wildman–Crippen MR) is 70.1 cm³/mol. The van der Waals surface area contributed by atoms with Gasteiger partial charge in [0.2, 0.25) is 0 Å². The zero-order chi connectivity index (χ0) is 13.1. The molecule has 92 valence electrons. The predicted octanol–water partition coefficient (Wildman–Crippen LogP) is 2.91. The van der Waals surface area contributed by atoms with Gasteiger partial charge in [-0.05, 0) is 18.2 Å². The van der Waals surface area contributed by atoms with Crippen LogP contribution >= 0.6 is 23.1 Å². The molecular weight excluding hydrogens is 272 g/mol. The summed E-state index contributed by atoms with van der Waals surface area (Å²) in [4.78, 5) is 22.9. The fraction of sp³-hybridized carbons (Fsp3) is 0. The van der Waals surface area contributed by atoms with Crippen LogP contribution < -0.4 is 5.73 Å². The summed E-state index contributed by atoms with van der Waals surface area (Å²) < 4.78 is 0. The van der Waals surface area contributed by atoms with Gasteiger partial charge in [0.1, 0.15) is 4.90 Å². The molecule has 0 unspecified atom stereocenters. The number of carbonyl (C=O) groups excluding carboxylic acids is 1. The summed E-state index contributed by atoms with van der Waals surface area (Å²) >= 11 is 2.04. The highest BCUT2D eigenvalue weighted by Gasteiger charge is 2.22. The third-order valence-electron chi connectivity index (χ3n) is 2.06. The smallest absolute Gasteiger partial charge is 0.338 e. The molecule has 0 saturated heterocycles. The Morgan fingerprint density at radius 3 is 2.56 bits per heavy atom. The first-order chi connectivity index (χ1) is 8.58. The molecule has 0 atom stereocenters. The fourth-order valence-corrected chi connectivity index (χ4v) is 3.23. The highest BCUT2D eigenvalue weighted by atomic mass is 32.2. The number of amides is 1. The van der Waals surface area contributed by atoms with E-state index in [1.807, 2.05) is 30.3 Å². The lowest BCUT2D eigenvalue weighted by Gasteiger charge is -1.97. The minimum absolute atomic E-state index is 0.0577. The van der Waals surface area contributed by atoms with E-state index in [4.69, 9.17) is 5.73 Å². The first-order valence-electron chi connectivity index (χ1n) is 4.89. The van der Waals surface area contributed by atoms with Crippen molar-refractivity contribution in [3.63, 3.8) is 0 Å². The van der Waals surface area contributed by atoms with E-state index in [0.29, 0.717) is 4.90 Å². The van der Waals surface area contributed by atoms with Gasteiger partial charge in [-0.3, -0.25) is 14.9 Å². The Bertz CT molecular complexity index is 596. The number of hydrogen-bond donors (Lipinski definition) is 1. The van der Waals surface area contributed by atoms with E-state index in [9.17, 15) is 14.9 Å². The molecule has 0 fully saturated rings. The number of nitrogens with zero attached hydrogens (tertiary/aromatic N) is 1. The Morgan fingerprint density at radius 2 is 2.00 bits per heavy atom. The Balaban J connectivity index is 2.37.